The van der Waals surface area contributed by atoms with E-state index in [4.69, 9.17) is 14.2 Å². The Morgan fingerprint density at radius 3 is 2.50 bits per heavy atom. The van der Waals surface area contributed by atoms with E-state index in [2.05, 4.69) is 10.3 Å². The molecule has 8 nitrogen and oxygen atoms in total. The van der Waals surface area contributed by atoms with Gasteiger partial charge in [-0.05, 0) is 11.6 Å². The van der Waals surface area contributed by atoms with Crippen molar-refractivity contribution in [3.63, 3.8) is 0 Å². The number of nitrogens with zero attached hydrogens (tertiary/aromatic N) is 2. The van der Waals surface area contributed by atoms with Crippen LogP contribution in [0.25, 0.3) is 0 Å². The highest BCUT2D eigenvalue weighted by Gasteiger charge is 2.35. The van der Waals surface area contributed by atoms with E-state index in [0.29, 0.717) is 29.5 Å². The third-order valence-electron chi connectivity index (χ3n) is 4.65. The number of benzene rings is 1. The Balaban J connectivity index is 1.73. The first kappa shape index (κ1) is 19.5. The summed E-state index contributed by atoms with van der Waals surface area (Å²) >= 11 is 0. The van der Waals surface area contributed by atoms with Crippen LogP contribution in [-0.2, 0) is 16.1 Å². The molecule has 1 N–H and O–H groups in total. The molecular formula is C20H23N3O5. The van der Waals surface area contributed by atoms with E-state index in [9.17, 15) is 9.59 Å². The number of amides is 2. The van der Waals surface area contributed by atoms with Gasteiger partial charge in [-0.25, -0.2) is 0 Å². The molecule has 1 aromatic heterocycles. The van der Waals surface area contributed by atoms with E-state index in [1.54, 1.807) is 29.4 Å². The van der Waals surface area contributed by atoms with Crippen molar-refractivity contribution >= 4 is 17.5 Å². The molecule has 28 heavy (non-hydrogen) atoms. The Bertz CT molecular complexity index is 831. The van der Waals surface area contributed by atoms with E-state index < -0.39 is 5.92 Å². The van der Waals surface area contributed by atoms with Crippen molar-refractivity contribution in [2.24, 2.45) is 5.92 Å². The van der Waals surface area contributed by atoms with Crippen LogP contribution in [0.2, 0.25) is 0 Å². The summed E-state index contributed by atoms with van der Waals surface area (Å²) in [6.45, 7) is 0.665. The van der Waals surface area contributed by atoms with Crippen molar-refractivity contribution in [3.8, 4) is 17.2 Å². The van der Waals surface area contributed by atoms with Crippen molar-refractivity contribution in [1.82, 2.24) is 10.3 Å². The quantitative estimate of drug-likeness (QED) is 0.781. The van der Waals surface area contributed by atoms with Gasteiger partial charge < -0.3 is 24.4 Å². The summed E-state index contributed by atoms with van der Waals surface area (Å²) in [5, 5.41) is 2.87. The SMILES string of the molecule is COc1cc(N2CC(C(=O)NCc3cccnc3)CC2=O)cc(OC)c1OC. The van der Waals surface area contributed by atoms with Gasteiger partial charge in [0.25, 0.3) is 0 Å². The number of methoxy groups -OCH3 is 3. The summed E-state index contributed by atoms with van der Waals surface area (Å²) in [5.74, 6) is 0.639. The number of hydrogen-bond donors (Lipinski definition) is 1. The van der Waals surface area contributed by atoms with Crippen LogP contribution in [0.3, 0.4) is 0 Å². The zero-order valence-electron chi connectivity index (χ0n) is 16.1. The number of carbonyl (C=O) groups excluding carboxylic acids is 2. The molecule has 1 aromatic carbocycles. The number of carbonyl (C=O) groups is 2. The van der Waals surface area contributed by atoms with E-state index in [-0.39, 0.29) is 24.8 Å². The summed E-state index contributed by atoms with van der Waals surface area (Å²) in [7, 11) is 4.55. The summed E-state index contributed by atoms with van der Waals surface area (Å²) in [5.41, 5.74) is 1.50. The lowest BCUT2D eigenvalue weighted by molar-refractivity contribution is -0.126. The van der Waals surface area contributed by atoms with E-state index in [1.807, 2.05) is 12.1 Å². The lowest BCUT2D eigenvalue weighted by Gasteiger charge is -2.20. The van der Waals surface area contributed by atoms with Gasteiger partial charge in [-0.2, -0.15) is 0 Å². The van der Waals surface area contributed by atoms with Gasteiger partial charge in [0.05, 0.1) is 32.9 Å². The second-order valence-corrected chi connectivity index (χ2v) is 6.37. The molecule has 1 atom stereocenters. The third kappa shape index (κ3) is 4.00. The van der Waals surface area contributed by atoms with Gasteiger partial charge in [-0.1, -0.05) is 6.07 Å². The average Bonchev–Trinajstić information content (AvgIpc) is 3.13. The first-order valence-corrected chi connectivity index (χ1v) is 8.84. The summed E-state index contributed by atoms with van der Waals surface area (Å²) in [6.07, 6.45) is 3.52. The zero-order chi connectivity index (χ0) is 20.1. The fourth-order valence-corrected chi connectivity index (χ4v) is 3.19. The highest BCUT2D eigenvalue weighted by Crippen LogP contribution is 2.42. The van der Waals surface area contributed by atoms with Gasteiger partial charge in [0.2, 0.25) is 17.6 Å². The van der Waals surface area contributed by atoms with Gasteiger partial charge in [0.15, 0.2) is 11.5 Å². The predicted molar refractivity (Wildman–Crippen MR) is 103 cm³/mol. The van der Waals surface area contributed by atoms with Gasteiger partial charge in [-0.15, -0.1) is 0 Å². The van der Waals surface area contributed by atoms with Crippen molar-refractivity contribution < 1.29 is 23.8 Å². The molecule has 8 heteroatoms. The van der Waals surface area contributed by atoms with Gasteiger partial charge >= 0.3 is 0 Å². The molecule has 1 aliphatic rings. The second-order valence-electron chi connectivity index (χ2n) is 6.37. The van der Waals surface area contributed by atoms with Crippen molar-refractivity contribution in [2.45, 2.75) is 13.0 Å². The van der Waals surface area contributed by atoms with Crippen LogP contribution in [0.15, 0.2) is 36.7 Å². The predicted octanol–water partition coefficient (Wildman–Crippen LogP) is 1.78. The minimum absolute atomic E-state index is 0.129. The number of pyridine rings is 1. The van der Waals surface area contributed by atoms with Crippen molar-refractivity contribution in [3.05, 3.63) is 42.2 Å². The smallest absolute Gasteiger partial charge is 0.227 e. The van der Waals surface area contributed by atoms with E-state index in [1.165, 1.54) is 21.3 Å². The van der Waals surface area contributed by atoms with E-state index >= 15 is 0 Å². The minimum Gasteiger partial charge on any atom is -0.493 e. The third-order valence-corrected chi connectivity index (χ3v) is 4.65. The molecule has 3 rings (SSSR count). The lowest BCUT2D eigenvalue weighted by atomic mass is 10.1. The maximum absolute atomic E-state index is 12.5. The summed E-state index contributed by atoms with van der Waals surface area (Å²) < 4.78 is 16.0. The van der Waals surface area contributed by atoms with Crippen LogP contribution in [-0.4, -0.2) is 44.7 Å². The van der Waals surface area contributed by atoms with Crippen LogP contribution in [0.4, 0.5) is 5.69 Å². The lowest BCUT2D eigenvalue weighted by Crippen LogP contribution is -2.32. The fourth-order valence-electron chi connectivity index (χ4n) is 3.19. The molecule has 0 radical (unpaired) electrons. The molecule has 0 spiro atoms. The normalized spacial score (nSPS) is 16.0. The molecule has 1 fully saturated rings. The number of ether oxygens (including phenoxy) is 3. The molecular weight excluding hydrogens is 362 g/mol. The topological polar surface area (TPSA) is 90.0 Å². The number of hydrogen-bond acceptors (Lipinski definition) is 6. The van der Waals surface area contributed by atoms with Crippen molar-refractivity contribution in [1.29, 1.82) is 0 Å². The average molecular weight is 385 g/mol. The highest BCUT2D eigenvalue weighted by atomic mass is 16.5. The Labute approximate surface area is 163 Å². The largest absolute Gasteiger partial charge is 0.493 e. The molecule has 0 saturated carbocycles. The molecule has 0 aliphatic carbocycles. The van der Waals surface area contributed by atoms with E-state index in [0.717, 1.165) is 5.56 Å². The first-order valence-electron chi connectivity index (χ1n) is 8.84. The summed E-state index contributed by atoms with van der Waals surface area (Å²) in [4.78, 5) is 30.6. The van der Waals surface area contributed by atoms with Gasteiger partial charge in [0.1, 0.15) is 0 Å². The molecule has 2 aromatic rings. The Morgan fingerprint density at radius 2 is 1.93 bits per heavy atom. The molecule has 148 valence electrons. The highest BCUT2D eigenvalue weighted by molar-refractivity contribution is 6.00. The maximum atomic E-state index is 12.5. The van der Waals surface area contributed by atoms with Crippen LogP contribution < -0.4 is 24.4 Å². The molecule has 2 amide bonds. The number of nitrogens with one attached hydrogen (secondary N) is 1. The van der Waals surface area contributed by atoms with Crippen LogP contribution in [0.5, 0.6) is 17.2 Å². The molecule has 1 aliphatic heterocycles. The number of anilines is 1. The molecule has 1 saturated heterocycles. The van der Waals surface area contributed by atoms with Gasteiger partial charge in [-0.3, -0.25) is 14.6 Å². The Kier molecular flexibility index (Phi) is 5.98. The van der Waals surface area contributed by atoms with Crippen LogP contribution in [0, 0.1) is 5.92 Å². The number of rotatable bonds is 7. The Hall–Kier alpha value is -3.29. The second kappa shape index (κ2) is 8.60. The molecule has 2 heterocycles. The standard InChI is InChI=1S/C20H23N3O5/c1-26-16-8-15(9-17(27-2)19(16)28-3)23-12-14(7-18(23)24)20(25)22-11-13-5-4-6-21-10-13/h4-6,8-10,14H,7,11-12H2,1-3H3,(H,22,25). The molecule has 0 bridgehead atoms. The number of aromatic nitrogens is 1. The fraction of sp³-hybridized carbons (Fsp3) is 0.350. The zero-order valence-corrected chi connectivity index (χ0v) is 16.1. The monoisotopic (exact) mass is 385 g/mol. The van der Waals surface area contributed by atoms with Crippen LogP contribution >= 0.6 is 0 Å². The van der Waals surface area contributed by atoms with Crippen LogP contribution in [0.1, 0.15) is 12.0 Å². The minimum atomic E-state index is -0.428. The van der Waals surface area contributed by atoms with Crippen molar-refractivity contribution in [2.75, 3.05) is 32.8 Å². The van der Waals surface area contributed by atoms with Gasteiger partial charge in [0, 0.05) is 44.0 Å². The first-order chi connectivity index (χ1) is 13.6. The molecule has 1 unspecified atom stereocenters. The Morgan fingerprint density at radius 1 is 1.21 bits per heavy atom. The maximum Gasteiger partial charge on any atom is 0.227 e. The summed E-state index contributed by atoms with van der Waals surface area (Å²) in [6, 6.07) is 7.10.